The lowest BCUT2D eigenvalue weighted by atomic mass is 9.90. The molecule has 1 aliphatic carbocycles. The highest BCUT2D eigenvalue weighted by atomic mass is 32.2. The number of benzene rings is 3. The number of amides is 1. The van der Waals surface area contributed by atoms with Gasteiger partial charge in [0.05, 0.1) is 11.4 Å². The zero-order chi connectivity index (χ0) is 20.3. The van der Waals surface area contributed by atoms with Gasteiger partial charge in [-0.05, 0) is 64.8 Å². The molecule has 0 bridgehead atoms. The van der Waals surface area contributed by atoms with Crippen LogP contribution in [0.15, 0.2) is 65.8 Å². The van der Waals surface area contributed by atoms with Gasteiger partial charge < -0.3 is 5.32 Å². The molecule has 0 saturated heterocycles. The summed E-state index contributed by atoms with van der Waals surface area (Å²) < 4.78 is 1.70. The normalized spacial score (nSPS) is 13.2. The molecule has 0 saturated carbocycles. The van der Waals surface area contributed by atoms with Crippen molar-refractivity contribution in [1.82, 2.24) is 20.2 Å². The number of carbonyl (C=O) groups excluding carboxylic acids is 1. The molecule has 0 radical (unpaired) electrons. The molecule has 5 rings (SSSR count). The second-order valence-corrected chi connectivity index (χ2v) is 8.30. The minimum atomic E-state index is -0.0496. The second kappa shape index (κ2) is 8.28. The van der Waals surface area contributed by atoms with Gasteiger partial charge in [-0.15, -0.1) is 5.10 Å². The number of hydrogen-bond donors (Lipinski definition) is 1. The maximum atomic E-state index is 12.6. The number of rotatable bonds is 5. The summed E-state index contributed by atoms with van der Waals surface area (Å²) >= 11 is 1.34. The first-order valence-electron chi connectivity index (χ1n) is 10.1. The molecule has 1 amide bonds. The number of tetrazole rings is 1. The number of aryl methyl sites for hydroxylation is 1. The lowest BCUT2D eigenvalue weighted by molar-refractivity contribution is -0.113. The van der Waals surface area contributed by atoms with Crippen molar-refractivity contribution in [2.24, 2.45) is 0 Å². The van der Waals surface area contributed by atoms with Crippen molar-refractivity contribution in [2.75, 3.05) is 11.1 Å². The number of carbonyl (C=O) groups is 1. The van der Waals surface area contributed by atoms with Gasteiger partial charge in [0.2, 0.25) is 11.1 Å². The molecule has 0 fully saturated rings. The SMILES string of the molecule is O=C(CSc1nnnn1-c1cccc2ccccc12)Nc1cccc2c1CCCC2. The van der Waals surface area contributed by atoms with Crippen LogP contribution in [0.2, 0.25) is 0 Å². The van der Waals surface area contributed by atoms with E-state index in [0.717, 1.165) is 35.0 Å². The van der Waals surface area contributed by atoms with E-state index >= 15 is 0 Å². The van der Waals surface area contributed by atoms with Crippen LogP contribution in [-0.4, -0.2) is 31.9 Å². The highest BCUT2D eigenvalue weighted by Crippen LogP contribution is 2.29. The quantitative estimate of drug-likeness (QED) is 0.488. The zero-order valence-electron chi connectivity index (χ0n) is 16.4. The Hall–Kier alpha value is -3.19. The Morgan fingerprint density at radius 3 is 2.80 bits per heavy atom. The van der Waals surface area contributed by atoms with Gasteiger partial charge in [0.15, 0.2) is 0 Å². The monoisotopic (exact) mass is 415 g/mol. The minimum absolute atomic E-state index is 0.0496. The molecule has 1 heterocycles. The number of aromatic nitrogens is 4. The molecule has 30 heavy (non-hydrogen) atoms. The number of nitrogens with zero attached hydrogens (tertiary/aromatic N) is 4. The highest BCUT2D eigenvalue weighted by Gasteiger charge is 2.16. The Kier molecular flexibility index (Phi) is 5.19. The minimum Gasteiger partial charge on any atom is -0.325 e. The molecule has 0 aliphatic heterocycles. The van der Waals surface area contributed by atoms with Crippen molar-refractivity contribution in [2.45, 2.75) is 30.8 Å². The Morgan fingerprint density at radius 2 is 1.83 bits per heavy atom. The van der Waals surface area contributed by atoms with E-state index < -0.39 is 0 Å². The summed E-state index contributed by atoms with van der Waals surface area (Å²) in [6, 6.07) is 20.3. The first-order valence-corrected chi connectivity index (χ1v) is 11.1. The molecule has 0 spiro atoms. The van der Waals surface area contributed by atoms with Crippen LogP contribution < -0.4 is 5.32 Å². The summed E-state index contributed by atoms with van der Waals surface area (Å²) in [6.07, 6.45) is 4.51. The highest BCUT2D eigenvalue weighted by molar-refractivity contribution is 7.99. The smallest absolute Gasteiger partial charge is 0.234 e. The molecule has 7 heteroatoms. The molecule has 1 aliphatic rings. The Balaban J connectivity index is 1.33. The van der Waals surface area contributed by atoms with Crippen LogP contribution >= 0.6 is 11.8 Å². The van der Waals surface area contributed by atoms with Crippen molar-refractivity contribution < 1.29 is 4.79 Å². The van der Waals surface area contributed by atoms with Gasteiger partial charge in [-0.2, -0.15) is 4.68 Å². The summed E-state index contributed by atoms with van der Waals surface area (Å²) in [7, 11) is 0. The summed E-state index contributed by atoms with van der Waals surface area (Å²) in [5, 5.41) is 18.0. The van der Waals surface area contributed by atoms with E-state index in [2.05, 4.69) is 39.0 Å². The molecule has 0 atom stereocenters. The fourth-order valence-electron chi connectivity index (χ4n) is 4.03. The molecular weight excluding hydrogens is 394 g/mol. The number of fused-ring (bicyclic) bond motifs is 2. The Bertz CT molecular complexity index is 1210. The number of thioether (sulfide) groups is 1. The largest absolute Gasteiger partial charge is 0.325 e. The van der Waals surface area contributed by atoms with Crippen LogP contribution in [-0.2, 0) is 17.6 Å². The van der Waals surface area contributed by atoms with E-state index in [9.17, 15) is 4.79 Å². The zero-order valence-corrected chi connectivity index (χ0v) is 17.2. The van der Waals surface area contributed by atoms with E-state index in [4.69, 9.17) is 0 Å². The van der Waals surface area contributed by atoms with Crippen molar-refractivity contribution in [3.63, 3.8) is 0 Å². The molecule has 3 aromatic carbocycles. The average molecular weight is 416 g/mol. The lowest BCUT2D eigenvalue weighted by Gasteiger charge is -2.19. The summed E-state index contributed by atoms with van der Waals surface area (Å²) in [5.74, 6) is 0.195. The maximum Gasteiger partial charge on any atom is 0.234 e. The predicted molar refractivity (Wildman–Crippen MR) is 119 cm³/mol. The van der Waals surface area contributed by atoms with E-state index in [1.165, 1.54) is 35.7 Å². The Labute approximate surface area is 178 Å². The van der Waals surface area contributed by atoms with E-state index in [0.29, 0.717) is 5.16 Å². The summed E-state index contributed by atoms with van der Waals surface area (Å²) in [6.45, 7) is 0. The first-order chi connectivity index (χ1) is 14.8. The van der Waals surface area contributed by atoms with Gasteiger partial charge in [-0.25, -0.2) is 0 Å². The van der Waals surface area contributed by atoms with Crippen LogP contribution in [0.5, 0.6) is 0 Å². The molecule has 6 nitrogen and oxygen atoms in total. The molecule has 150 valence electrons. The number of hydrogen-bond acceptors (Lipinski definition) is 5. The van der Waals surface area contributed by atoms with Crippen LogP contribution in [0.25, 0.3) is 16.5 Å². The van der Waals surface area contributed by atoms with Gasteiger partial charge in [-0.3, -0.25) is 4.79 Å². The van der Waals surface area contributed by atoms with Crippen molar-refractivity contribution in [3.05, 3.63) is 71.8 Å². The van der Waals surface area contributed by atoms with Gasteiger partial charge in [0.25, 0.3) is 0 Å². The van der Waals surface area contributed by atoms with E-state index in [1.807, 2.05) is 42.5 Å². The standard InChI is InChI=1S/C23H21N5OS/c29-22(24-20-13-5-9-16-7-1-3-11-18(16)20)15-30-23-25-26-27-28(23)21-14-6-10-17-8-2-4-12-19(17)21/h2,4-6,8-10,12-14H,1,3,7,11,15H2,(H,24,29). The van der Waals surface area contributed by atoms with Gasteiger partial charge in [0, 0.05) is 11.1 Å². The number of anilines is 1. The summed E-state index contributed by atoms with van der Waals surface area (Å²) in [5.41, 5.74) is 4.47. The summed E-state index contributed by atoms with van der Waals surface area (Å²) in [4.78, 5) is 12.6. The number of nitrogens with one attached hydrogen (secondary N) is 1. The lowest BCUT2D eigenvalue weighted by Crippen LogP contribution is -2.17. The molecule has 1 aromatic heterocycles. The second-order valence-electron chi connectivity index (χ2n) is 7.36. The van der Waals surface area contributed by atoms with Crippen LogP contribution in [0.3, 0.4) is 0 Å². The third-order valence-electron chi connectivity index (χ3n) is 5.44. The van der Waals surface area contributed by atoms with E-state index in [1.54, 1.807) is 4.68 Å². The molecule has 1 N–H and O–H groups in total. The van der Waals surface area contributed by atoms with Gasteiger partial charge in [0.1, 0.15) is 0 Å². The molecular formula is C23H21N5OS. The maximum absolute atomic E-state index is 12.6. The predicted octanol–water partition coefficient (Wildman–Crippen LogP) is 4.43. The fourth-order valence-corrected chi connectivity index (χ4v) is 4.71. The molecule has 4 aromatic rings. The Morgan fingerprint density at radius 1 is 1.00 bits per heavy atom. The van der Waals surface area contributed by atoms with Crippen LogP contribution in [0.4, 0.5) is 5.69 Å². The third-order valence-corrected chi connectivity index (χ3v) is 6.36. The van der Waals surface area contributed by atoms with Crippen LogP contribution in [0, 0.1) is 0 Å². The van der Waals surface area contributed by atoms with Crippen LogP contribution in [0.1, 0.15) is 24.0 Å². The fraction of sp³-hybridized carbons (Fsp3) is 0.217. The van der Waals surface area contributed by atoms with Crippen molar-refractivity contribution in [1.29, 1.82) is 0 Å². The first kappa shape index (κ1) is 18.8. The van der Waals surface area contributed by atoms with Gasteiger partial charge in [-0.1, -0.05) is 60.3 Å². The molecule has 0 unspecified atom stereocenters. The van der Waals surface area contributed by atoms with E-state index in [-0.39, 0.29) is 11.7 Å². The topological polar surface area (TPSA) is 72.7 Å². The van der Waals surface area contributed by atoms with Crippen molar-refractivity contribution in [3.8, 4) is 5.69 Å². The average Bonchev–Trinajstić information content (AvgIpc) is 3.26. The van der Waals surface area contributed by atoms with Crippen molar-refractivity contribution >= 4 is 34.1 Å². The van der Waals surface area contributed by atoms with Gasteiger partial charge >= 0.3 is 0 Å². The third kappa shape index (κ3) is 3.68.